The second kappa shape index (κ2) is 9.68. The molecule has 28 heavy (non-hydrogen) atoms. The quantitative estimate of drug-likeness (QED) is 0.520. The average molecular weight is 383 g/mol. The Hall–Kier alpha value is -3.16. The number of hydrogen-bond acceptors (Lipinski definition) is 4. The summed E-state index contributed by atoms with van der Waals surface area (Å²) < 4.78 is 3.21. The van der Waals surface area contributed by atoms with Crippen molar-refractivity contribution < 1.29 is 4.79 Å². The number of aromatic nitrogens is 4. The molecule has 0 aliphatic carbocycles. The van der Waals surface area contributed by atoms with Crippen LogP contribution < -0.4 is 16.6 Å². The van der Waals surface area contributed by atoms with Crippen molar-refractivity contribution in [2.75, 3.05) is 6.54 Å². The SMILES string of the molecule is O=C(CCCCCn1c(=O)[nH]c2ccccc2c1=O)NCCCn1ccnc1. The molecule has 0 unspecified atom stereocenters. The Morgan fingerprint density at radius 2 is 1.93 bits per heavy atom. The predicted octanol–water partition coefficient (Wildman–Crippen LogP) is 1.65. The molecular weight excluding hydrogens is 358 g/mol. The first-order valence-electron chi connectivity index (χ1n) is 9.59. The van der Waals surface area contributed by atoms with Gasteiger partial charge in [-0.3, -0.25) is 14.2 Å². The van der Waals surface area contributed by atoms with Crippen molar-refractivity contribution >= 4 is 16.8 Å². The van der Waals surface area contributed by atoms with Crippen molar-refractivity contribution in [1.29, 1.82) is 0 Å². The third-order valence-electron chi connectivity index (χ3n) is 4.65. The van der Waals surface area contributed by atoms with Gasteiger partial charge in [0.2, 0.25) is 5.91 Å². The first-order valence-corrected chi connectivity index (χ1v) is 9.59. The standard InChI is InChI=1S/C20H25N5O3/c26-18(22-10-6-12-24-14-11-21-15-24)9-2-1-5-13-25-19(27)16-7-3-4-8-17(16)23-20(25)28/h3-4,7-8,11,14-15H,1-2,5-6,9-10,12-13H2,(H,22,26)(H,23,28). The number of rotatable bonds is 10. The number of carbonyl (C=O) groups is 1. The molecular formula is C20H25N5O3. The average Bonchev–Trinajstić information content (AvgIpc) is 3.21. The molecule has 0 radical (unpaired) electrons. The Bertz CT molecular complexity index is 1020. The van der Waals surface area contributed by atoms with Gasteiger partial charge in [-0.1, -0.05) is 18.6 Å². The fourth-order valence-corrected chi connectivity index (χ4v) is 3.13. The van der Waals surface area contributed by atoms with E-state index < -0.39 is 0 Å². The van der Waals surface area contributed by atoms with E-state index in [1.807, 2.05) is 10.8 Å². The number of aromatic amines is 1. The maximum absolute atomic E-state index is 12.4. The number of para-hydroxylation sites is 1. The van der Waals surface area contributed by atoms with Crippen LogP contribution in [0.4, 0.5) is 0 Å². The lowest BCUT2D eigenvalue weighted by atomic mass is 10.2. The topological polar surface area (TPSA) is 102 Å². The molecule has 3 aromatic rings. The van der Waals surface area contributed by atoms with E-state index in [0.29, 0.717) is 36.8 Å². The zero-order valence-corrected chi connectivity index (χ0v) is 15.8. The summed E-state index contributed by atoms with van der Waals surface area (Å²) in [6.07, 6.45) is 8.88. The van der Waals surface area contributed by atoms with E-state index in [9.17, 15) is 14.4 Å². The Morgan fingerprint density at radius 3 is 2.75 bits per heavy atom. The summed E-state index contributed by atoms with van der Waals surface area (Å²) in [5.41, 5.74) is -0.104. The molecule has 2 N–H and O–H groups in total. The fourth-order valence-electron chi connectivity index (χ4n) is 3.13. The number of hydrogen-bond donors (Lipinski definition) is 2. The molecule has 2 aromatic heterocycles. The molecule has 8 heteroatoms. The Balaban J connectivity index is 1.35. The maximum atomic E-state index is 12.4. The molecule has 1 aromatic carbocycles. The molecule has 0 spiro atoms. The van der Waals surface area contributed by atoms with Crippen LogP contribution in [-0.4, -0.2) is 31.6 Å². The molecule has 8 nitrogen and oxygen atoms in total. The molecule has 0 bridgehead atoms. The Kier molecular flexibility index (Phi) is 6.78. The van der Waals surface area contributed by atoms with Crippen molar-refractivity contribution in [2.45, 2.75) is 45.2 Å². The molecule has 0 aliphatic heterocycles. The summed E-state index contributed by atoms with van der Waals surface area (Å²) in [5.74, 6) is 0.0337. The lowest BCUT2D eigenvalue weighted by molar-refractivity contribution is -0.121. The lowest BCUT2D eigenvalue weighted by Crippen LogP contribution is -2.35. The van der Waals surface area contributed by atoms with Gasteiger partial charge in [0.15, 0.2) is 0 Å². The van der Waals surface area contributed by atoms with Crippen LogP contribution in [0, 0.1) is 0 Å². The number of aryl methyl sites for hydroxylation is 1. The minimum absolute atomic E-state index is 0.0337. The van der Waals surface area contributed by atoms with Gasteiger partial charge in [-0.25, -0.2) is 9.78 Å². The van der Waals surface area contributed by atoms with Gasteiger partial charge in [0.05, 0.1) is 17.2 Å². The van der Waals surface area contributed by atoms with Crippen LogP contribution in [-0.2, 0) is 17.9 Å². The second-order valence-electron chi connectivity index (χ2n) is 6.75. The molecule has 2 heterocycles. The summed E-state index contributed by atoms with van der Waals surface area (Å²) in [7, 11) is 0. The molecule has 0 saturated carbocycles. The summed E-state index contributed by atoms with van der Waals surface area (Å²) in [4.78, 5) is 43.1. The number of benzene rings is 1. The number of H-pyrrole nitrogens is 1. The number of amides is 1. The van der Waals surface area contributed by atoms with Crippen molar-refractivity contribution in [3.05, 3.63) is 63.8 Å². The summed E-state index contributed by atoms with van der Waals surface area (Å²) >= 11 is 0. The van der Waals surface area contributed by atoms with Gasteiger partial charge in [0.1, 0.15) is 0 Å². The van der Waals surface area contributed by atoms with E-state index in [-0.39, 0.29) is 17.2 Å². The number of nitrogens with one attached hydrogen (secondary N) is 2. The Morgan fingerprint density at radius 1 is 1.07 bits per heavy atom. The van der Waals surface area contributed by atoms with Crippen LogP contribution in [0.1, 0.15) is 32.1 Å². The van der Waals surface area contributed by atoms with E-state index in [1.165, 1.54) is 4.57 Å². The predicted molar refractivity (Wildman–Crippen MR) is 107 cm³/mol. The number of nitrogens with zero attached hydrogens (tertiary/aromatic N) is 3. The minimum atomic E-state index is -0.390. The van der Waals surface area contributed by atoms with E-state index >= 15 is 0 Å². The summed E-state index contributed by atoms with van der Waals surface area (Å²) in [6.45, 7) is 1.82. The highest BCUT2D eigenvalue weighted by atomic mass is 16.2. The van der Waals surface area contributed by atoms with E-state index in [4.69, 9.17) is 0 Å². The molecule has 3 rings (SSSR count). The van der Waals surface area contributed by atoms with E-state index in [2.05, 4.69) is 15.3 Å². The van der Waals surface area contributed by atoms with Crippen LogP contribution in [0.15, 0.2) is 52.6 Å². The van der Waals surface area contributed by atoms with E-state index in [0.717, 1.165) is 25.8 Å². The van der Waals surface area contributed by atoms with Crippen LogP contribution in [0.5, 0.6) is 0 Å². The van der Waals surface area contributed by atoms with Gasteiger partial charge in [-0.15, -0.1) is 0 Å². The van der Waals surface area contributed by atoms with Gasteiger partial charge in [0, 0.05) is 38.4 Å². The smallest absolute Gasteiger partial charge is 0.328 e. The largest absolute Gasteiger partial charge is 0.356 e. The molecule has 148 valence electrons. The van der Waals surface area contributed by atoms with Crippen molar-refractivity contribution in [2.24, 2.45) is 0 Å². The van der Waals surface area contributed by atoms with Crippen LogP contribution in [0.25, 0.3) is 10.9 Å². The summed E-state index contributed by atoms with van der Waals surface area (Å²) in [6, 6.07) is 6.99. The highest BCUT2D eigenvalue weighted by molar-refractivity contribution is 5.77. The third-order valence-corrected chi connectivity index (χ3v) is 4.65. The zero-order chi connectivity index (χ0) is 19.8. The third kappa shape index (κ3) is 5.18. The number of unbranched alkanes of at least 4 members (excludes halogenated alkanes) is 2. The maximum Gasteiger partial charge on any atom is 0.328 e. The van der Waals surface area contributed by atoms with Gasteiger partial charge in [-0.05, 0) is 31.4 Å². The van der Waals surface area contributed by atoms with Gasteiger partial charge < -0.3 is 14.9 Å². The van der Waals surface area contributed by atoms with Crippen molar-refractivity contribution in [1.82, 2.24) is 24.4 Å². The van der Waals surface area contributed by atoms with Crippen LogP contribution in [0.2, 0.25) is 0 Å². The lowest BCUT2D eigenvalue weighted by Gasteiger charge is -2.07. The Labute approximate surface area is 162 Å². The first-order chi connectivity index (χ1) is 13.6. The highest BCUT2D eigenvalue weighted by Crippen LogP contribution is 2.05. The summed E-state index contributed by atoms with van der Waals surface area (Å²) in [5, 5.41) is 3.42. The highest BCUT2D eigenvalue weighted by Gasteiger charge is 2.07. The van der Waals surface area contributed by atoms with Gasteiger partial charge in [-0.2, -0.15) is 0 Å². The number of fused-ring (bicyclic) bond motifs is 1. The number of imidazole rings is 1. The van der Waals surface area contributed by atoms with Gasteiger partial charge >= 0.3 is 5.69 Å². The molecule has 1 amide bonds. The van der Waals surface area contributed by atoms with E-state index in [1.54, 1.807) is 36.8 Å². The van der Waals surface area contributed by atoms with Crippen LogP contribution >= 0.6 is 0 Å². The number of carbonyl (C=O) groups excluding carboxylic acids is 1. The first kappa shape index (κ1) is 19.6. The monoisotopic (exact) mass is 383 g/mol. The van der Waals surface area contributed by atoms with Gasteiger partial charge in [0.25, 0.3) is 5.56 Å². The fraction of sp³-hybridized carbons (Fsp3) is 0.400. The normalized spacial score (nSPS) is 11.0. The molecule has 0 aliphatic rings. The molecule has 0 saturated heterocycles. The minimum Gasteiger partial charge on any atom is -0.356 e. The molecule has 0 atom stereocenters. The van der Waals surface area contributed by atoms with Crippen molar-refractivity contribution in [3.63, 3.8) is 0 Å². The zero-order valence-electron chi connectivity index (χ0n) is 15.8. The van der Waals surface area contributed by atoms with Crippen molar-refractivity contribution in [3.8, 4) is 0 Å². The van der Waals surface area contributed by atoms with Crippen LogP contribution in [0.3, 0.4) is 0 Å². The second-order valence-corrected chi connectivity index (χ2v) is 6.75. The molecule has 0 fully saturated rings.